The van der Waals surface area contributed by atoms with Gasteiger partial charge < -0.3 is 4.84 Å². The van der Waals surface area contributed by atoms with Crippen molar-refractivity contribution in [3.05, 3.63) is 47.7 Å². The van der Waals surface area contributed by atoms with Crippen LogP contribution >= 0.6 is 0 Å². The normalized spacial score (nSPS) is 10.7. The van der Waals surface area contributed by atoms with E-state index in [1.807, 2.05) is 37.3 Å². The second-order valence-corrected chi connectivity index (χ2v) is 4.23. The minimum atomic E-state index is 0.678. The largest absolute Gasteiger partial charge is 0.417 e. The number of hydrogen-bond acceptors (Lipinski definition) is 2. The Bertz CT molecular complexity index is 793. The molecule has 0 saturated heterocycles. The predicted molar refractivity (Wildman–Crippen MR) is 71.4 cm³/mol. The summed E-state index contributed by atoms with van der Waals surface area (Å²) in [6.07, 6.45) is 0. The van der Waals surface area contributed by atoms with E-state index < -0.39 is 0 Å². The van der Waals surface area contributed by atoms with Gasteiger partial charge in [-0.1, -0.05) is 36.4 Å². The second-order valence-electron chi connectivity index (χ2n) is 4.23. The lowest BCUT2D eigenvalue weighted by Crippen LogP contribution is -2.07. The Morgan fingerprint density at radius 2 is 1.89 bits per heavy atom. The van der Waals surface area contributed by atoms with Gasteiger partial charge in [0.25, 0.3) is 0 Å². The highest BCUT2D eigenvalue weighted by molar-refractivity contribution is 6.08. The maximum Gasteiger partial charge on any atom is 0.104 e. The van der Waals surface area contributed by atoms with Crippen LogP contribution in [0.2, 0.25) is 0 Å². The third kappa shape index (κ3) is 1.23. The van der Waals surface area contributed by atoms with Crippen LogP contribution in [0.1, 0.15) is 11.3 Å². The Hall–Kier alpha value is -2.47. The molecule has 88 valence electrons. The van der Waals surface area contributed by atoms with Crippen molar-refractivity contribution >= 4 is 21.7 Å². The molecule has 0 unspecified atom stereocenters. The van der Waals surface area contributed by atoms with Crippen molar-refractivity contribution in [1.82, 2.24) is 4.73 Å². The smallest absolute Gasteiger partial charge is 0.104 e. The van der Waals surface area contributed by atoms with Crippen LogP contribution < -0.4 is 4.84 Å². The number of benzene rings is 2. The molecule has 0 saturated carbocycles. The molecule has 0 spiro atoms. The molecule has 0 atom stereocenters. The highest BCUT2D eigenvalue weighted by atomic mass is 16.6. The van der Waals surface area contributed by atoms with Crippen molar-refractivity contribution in [2.75, 3.05) is 7.11 Å². The zero-order valence-corrected chi connectivity index (χ0v) is 10.3. The van der Waals surface area contributed by atoms with Crippen LogP contribution in [0, 0.1) is 18.3 Å². The number of hydrogen-bond donors (Lipinski definition) is 0. The summed E-state index contributed by atoms with van der Waals surface area (Å²) in [5.74, 6) is 0. The first-order valence-corrected chi connectivity index (χ1v) is 5.75. The summed E-state index contributed by atoms with van der Waals surface area (Å²) in [4.78, 5) is 5.41. The van der Waals surface area contributed by atoms with Gasteiger partial charge in [-0.2, -0.15) is 9.99 Å². The fourth-order valence-corrected chi connectivity index (χ4v) is 2.51. The Kier molecular flexibility index (Phi) is 2.24. The molecule has 0 bridgehead atoms. The highest BCUT2D eigenvalue weighted by Crippen LogP contribution is 2.30. The van der Waals surface area contributed by atoms with Gasteiger partial charge in [0, 0.05) is 10.8 Å². The van der Waals surface area contributed by atoms with Crippen molar-refractivity contribution < 1.29 is 4.84 Å². The third-order valence-electron chi connectivity index (χ3n) is 3.33. The molecule has 18 heavy (non-hydrogen) atoms. The van der Waals surface area contributed by atoms with Crippen molar-refractivity contribution in [3.8, 4) is 6.07 Å². The number of nitrogens with zero attached hydrogens (tertiary/aromatic N) is 2. The van der Waals surface area contributed by atoms with Crippen LogP contribution in [0.15, 0.2) is 36.4 Å². The van der Waals surface area contributed by atoms with Crippen LogP contribution in [-0.2, 0) is 0 Å². The summed E-state index contributed by atoms with van der Waals surface area (Å²) in [6.45, 7) is 1.90. The molecule has 1 heterocycles. The van der Waals surface area contributed by atoms with Crippen LogP contribution in [0.4, 0.5) is 0 Å². The molecular weight excluding hydrogens is 224 g/mol. The average Bonchev–Trinajstić information content (AvgIpc) is 2.70. The molecule has 1 aromatic heterocycles. The summed E-state index contributed by atoms with van der Waals surface area (Å²) in [5, 5.41) is 12.5. The second kappa shape index (κ2) is 3.78. The zero-order valence-electron chi connectivity index (χ0n) is 10.3. The molecule has 0 aliphatic carbocycles. The monoisotopic (exact) mass is 236 g/mol. The molecule has 0 aliphatic rings. The Morgan fingerprint density at radius 3 is 2.61 bits per heavy atom. The first-order chi connectivity index (χ1) is 8.77. The Morgan fingerprint density at radius 1 is 1.11 bits per heavy atom. The number of rotatable bonds is 1. The van der Waals surface area contributed by atoms with E-state index in [0.717, 1.165) is 27.4 Å². The van der Waals surface area contributed by atoms with Crippen LogP contribution in [0.25, 0.3) is 21.7 Å². The van der Waals surface area contributed by atoms with E-state index in [-0.39, 0.29) is 0 Å². The quantitative estimate of drug-likeness (QED) is 0.651. The van der Waals surface area contributed by atoms with E-state index in [1.165, 1.54) is 0 Å². The molecule has 3 rings (SSSR count). The summed E-state index contributed by atoms with van der Waals surface area (Å²) < 4.78 is 1.73. The van der Waals surface area contributed by atoms with Gasteiger partial charge in [-0.3, -0.25) is 0 Å². The summed E-state index contributed by atoms with van der Waals surface area (Å²) in [6, 6.07) is 14.4. The third-order valence-corrected chi connectivity index (χ3v) is 3.33. The minimum Gasteiger partial charge on any atom is -0.417 e. The van der Waals surface area contributed by atoms with Gasteiger partial charge in [-0.05, 0) is 12.3 Å². The van der Waals surface area contributed by atoms with Crippen molar-refractivity contribution in [3.63, 3.8) is 0 Å². The molecule has 3 aromatic rings. The van der Waals surface area contributed by atoms with Gasteiger partial charge >= 0.3 is 0 Å². The topological polar surface area (TPSA) is 38.0 Å². The molecule has 3 nitrogen and oxygen atoms in total. The number of fused-ring (bicyclic) bond motifs is 3. The SMILES string of the molecule is COn1c(C)c(C#N)c2ccc3ccccc3c21. The lowest BCUT2D eigenvalue weighted by Gasteiger charge is -2.07. The van der Waals surface area contributed by atoms with Crippen LogP contribution in [0.5, 0.6) is 0 Å². The molecule has 0 amide bonds. The maximum absolute atomic E-state index is 9.28. The van der Waals surface area contributed by atoms with E-state index >= 15 is 0 Å². The lowest BCUT2D eigenvalue weighted by atomic mass is 10.1. The Balaban J connectivity index is 2.62. The van der Waals surface area contributed by atoms with Crippen molar-refractivity contribution in [1.29, 1.82) is 5.26 Å². The van der Waals surface area contributed by atoms with Crippen LogP contribution in [-0.4, -0.2) is 11.8 Å². The molecule has 2 aromatic carbocycles. The molecular formula is C15H12N2O. The number of nitriles is 1. The fourth-order valence-electron chi connectivity index (χ4n) is 2.51. The van der Waals surface area contributed by atoms with Crippen molar-refractivity contribution in [2.24, 2.45) is 0 Å². The average molecular weight is 236 g/mol. The Labute approximate surface area is 105 Å². The van der Waals surface area contributed by atoms with E-state index in [1.54, 1.807) is 11.8 Å². The summed E-state index contributed by atoms with van der Waals surface area (Å²) in [7, 11) is 1.62. The maximum atomic E-state index is 9.28. The van der Waals surface area contributed by atoms with Crippen LogP contribution in [0.3, 0.4) is 0 Å². The van der Waals surface area contributed by atoms with E-state index in [2.05, 4.69) is 12.1 Å². The van der Waals surface area contributed by atoms with E-state index in [0.29, 0.717) is 5.56 Å². The standard InChI is InChI=1S/C15H12N2O/c1-10-14(9-16)13-8-7-11-5-3-4-6-12(11)15(13)17(10)18-2/h3-8H,1-2H3. The fraction of sp³-hybridized carbons (Fsp3) is 0.133. The molecule has 3 heteroatoms. The molecule has 0 fully saturated rings. The minimum absolute atomic E-state index is 0.678. The first kappa shape index (κ1) is 10.7. The van der Waals surface area contributed by atoms with Crippen molar-refractivity contribution in [2.45, 2.75) is 6.92 Å². The van der Waals surface area contributed by atoms with Gasteiger partial charge in [0.15, 0.2) is 0 Å². The number of aromatic nitrogens is 1. The lowest BCUT2D eigenvalue weighted by molar-refractivity contribution is 0.174. The molecule has 0 radical (unpaired) electrons. The van der Waals surface area contributed by atoms with Gasteiger partial charge in [0.1, 0.15) is 13.2 Å². The summed E-state index contributed by atoms with van der Waals surface area (Å²) in [5.41, 5.74) is 2.48. The van der Waals surface area contributed by atoms with Gasteiger partial charge in [-0.25, -0.2) is 0 Å². The van der Waals surface area contributed by atoms with Gasteiger partial charge in [0.2, 0.25) is 0 Å². The van der Waals surface area contributed by atoms with Gasteiger partial charge in [0.05, 0.1) is 16.8 Å². The zero-order chi connectivity index (χ0) is 12.7. The predicted octanol–water partition coefficient (Wildman–Crippen LogP) is 3.03. The van der Waals surface area contributed by atoms with Gasteiger partial charge in [-0.15, -0.1) is 0 Å². The first-order valence-electron chi connectivity index (χ1n) is 5.75. The molecule has 0 aliphatic heterocycles. The highest BCUT2D eigenvalue weighted by Gasteiger charge is 2.16. The van der Waals surface area contributed by atoms with E-state index in [9.17, 15) is 5.26 Å². The van der Waals surface area contributed by atoms with E-state index in [4.69, 9.17) is 4.84 Å². The molecule has 0 N–H and O–H groups in total. The summed E-state index contributed by atoms with van der Waals surface area (Å²) >= 11 is 0.